The molecule has 2 aromatic carbocycles. The molecule has 216 valence electrons. The van der Waals surface area contributed by atoms with Crippen LogP contribution in [0.4, 0.5) is 5.69 Å². The van der Waals surface area contributed by atoms with Crippen LogP contribution in [0.5, 0.6) is 0 Å². The number of aryl methyl sites for hydroxylation is 1. The molecule has 0 bridgehead atoms. The molecule has 2 aliphatic rings. The number of unbranched alkanes of at least 4 members (excludes halogenated alkanes) is 3. The summed E-state index contributed by atoms with van der Waals surface area (Å²) in [4.78, 5) is 59.6. The highest BCUT2D eigenvalue weighted by molar-refractivity contribution is 6.23. The Kier molecular flexibility index (Phi) is 7.61. The Morgan fingerprint density at radius 1 is 0.953 bits per heavy atom. The molecule has 0 saturated carbocycles. The Morgan fingerprint density at radius 3 is 2.63 bits per heavy atom. The Bertz CT molecular complexity index is 1810. The van der Waals surface area contributed by atoms with Gasteiger partial charge in [-0.3, -0.25) is 39.1 Å². The molecule has 1 fully saturated rings. The fourth-order valence-electron chi connectivity index (χ4n) is 5.40. The first-order chi connectivity index (χ1) is 20.9. The van der Waals surface area contributed by atoms with Gasteiger partial charge in [0.2, 0.25) is 11.8 Å². The number of nitrogens with zero attached hydrogens (tertiary/aromatic N) is 6. The number of fused-ring (bicyclic) bond motifs is 2. The molecule has 12 nitrogen and oxygen atoms in total. The van der Waals surface area contributed by atoms with Crippen LogP contribution >= 0.6 is 0 Å². The van der Waals surface area contributed by atoms with E-state index in [9.17, 15) is 19.2 Å². The number of aromatic nitrogens is 4. The maximum absolute atomic E-state index is 13.0. The van der Waals surface area contributed by atoms with E-state index < -0.39 is 29.7 Å². The number of amides is 4. The molecule has 1 unspecified atom stereocenters. The number of imide groups is 2. The van der Waals surface area contributed by atoms with Gasteiger partial charge in [0.1, 0.15) is 6.04 Å². The number of piperidine rings is 1. The van der Waals surface area contributed by atoms with Crippen molar-refractivity contribution in [1.82, 2.24) is 30.0 Å². The summed E-state index contributed by atoms with van der Waals surface area (Å²) in [6.45, 7) is 1.49. The molecular weight excluding hydrogens is 548 g/mol. The molecule has 2 aromatic heterocycles. The van der Waals surface area contributed by atoms with Crippen LogP contribution in [0.3, 0.4) is 0 Å². The van der Waals surface area contributed by atoms with E-state index >= 15 is 0 Å². The van der Waals surface area contributed by atoms with E-state index in [4.69, 9.17) is 5.26 Å². The van der Waals surface area contributed by atoms with Gasteiger partial charge in [-0.05, 0) is 55.7 Å². The van der Waals surface area contributed by atoms with Crippen LogP contribution in [0.1, 0.15) is 64.8 Å². The molecule has 4 amide bonds. The lowest BCUT2D eigenvalue weighted by Gasteiger charge is -2.27. The van der Waals surface area contributed by atoms with Crippen molar-refractivity contribution in [3.05, 3.63) is 71.7 Å². The third kappa shape index (κ3) is 5.70. The number of carbonyl (C=O) groups excluding carboxylic acids is 4. The Morgan fingerprint density at radius 2 is 1.79 bits per heavy atom. The van der Waals surface area contributed by atoms with Gasteiger partial charge in [-0.25, -0.2) is 4.98 Å². The lowest BCUT2D eigenvalue weighted by atomic mass is 10.0. The fraction of sp³-hybridized carbons (Fsp3) is 0.290. The summed E-state index contributed by atoms with van der Waals surface area (Å²) in [5.41, 5.74) is 4.85. The molecule has 43 heavy (non-hydrogen) atoms. The number of benzene rings is 2. The number of rotatable bonds is 10. The topological polar surface area (TPSA) is 163 Å². The average molecular weight is 577 g/mol. The van der Waals surface area contributed by atoms with Crippen molar-refractivity contribution in [2.24, 2.45) is 0 Å². The zero-order valence-electron chi connectivity index (χ0n) is 23.2. The van der Waals surface area contributed by atoms with E-state index in [-0.39, 0.29) is 24.0 Å². The van der Waals surface area contributed by atoms with E-state index in [1.54, 1.807) is 48.8 Å². The van der Waals surface area contributed by atoms with Gasteiger partial charge in [0.25, 0.3) is 11.8 Å². The molecular formula is C31H28N8O4. The molecule has 1 saturated heterocycles. The Labute approximate surface area is 246 Å². The number of anilines is 1. The van der Waals surface area contributed by atoms with Crippen molar-refractivity contribution < 1.29 is 19.2 Å². The average Bonchev–Trinajstić information content (AvgIpc) is 3.58. The van der Waals surface area contributed by atoms with E-state index in [2.05, 4.69) is 31.8 Å². The van der Waals surface area contributed by atoms with E-state index in [0.29, 0.717) is 17.6 Å². The molecule has 0 spiro atoms. The molecule has 4 heterocycles. The Hall–Kier alpha value is -5.44. The number of carbonyl (C=O) groups is 4. The van der Waals surface area contributed by atoms with Crippen LogP contribution in [0.15, 0.2) is 55.0 Å². The van der Waals surface area contributed by atoms with E-state index in [1.165, 1.54) is 0 Å². The Balaban J connectivity index is 0.945. The van der Waals surface area contributed by atoms with Gasteiger partial charge in [-0.1, -0.05) is 12.8 Å². The van der Waals surface area contributed by atoms with Crippen LogP contribution in [0.25, 0.3) is 22.3 Å². The lowest BCUT2D eigenvalue weighted by molar-refractivity contribution is -0.136. The third-order valence-corrected chi connectivity index (χ3v) is 7.68. The first-order valence-electron chi connectivity index (χ1n) is 14.2. The van der Waals surface area contributed by atoms with E-state index in [1.807, 2.05) is 10.9 Å². The van der Waals surface area contributed by atoms with Crippen molar-refractivity contribution in [3.63, 3.8) is 0 Å². The van der Waals surface area contributed by atoms with Gasteiger partial charge in [0.15, 0.2) is 0 Å². The molecule has 1 atom stereocenters. The summed E-state index contributed by atoms with van der Waals surface area (Å²) in [7, 11) is 0. The number of hydrogen-bond acceptors (Lipinski definition) is 9. The highest BCUT2D eigenvalue weighted by Gasteiger charge is 2.44. The van der Waals surface area contributed by atoms with Crippen LogP contribution in [0, 0.1) is 11.3 Å². The predicted molar refractivity (Wildman–Crippen MR) is 156 cm³/mol. The summed E-state index contributed by atoms with van der Waals surface area (Å²) in [5, 5.41) is 19.0. The SMILES string of the molecule is N#Cc1ccc2nc(-c3cnn(CCCCCCNc4ccc5c(c4)C(=O)N(C4CCC(=O)NC4=O)C5=O)c3)cnc2c1. The van der Waals surface area contributed by atoms with Crippen LogP contribution in [0.2, 0.25) is 0 Å². The minimum atomic E-state index is -0.971. The number of nitriles is 1. The van der Waals surface area contributed by atoms with Crippen LogP contribution < -0.4 is 10.6 Å². The largest absolute Gasteiger partial charge is 0.385 e. The molecule has 6 rings (SSSR count). The van der Waals surface area contributed by atoms with Crippen molar-refractivity contribution >= 4 is 40.3 Å². The first-order valence-corrected chi connectivity index (χ1v) is 14.2. The minimum Gasteiger partial charge on any atom is -0.385 e. The van der Waals surface area contributed by atoms with Gasteiger partial charge in [0.05, 0.1) is 51.9 Å². The van der Waals surface area contributed by atoms with Crippen LogP contribution in [-0.4, -0.2) is 60.9 Å². The van der Waals surface area contributed by atoms with Gasteiger partial charge in [0, 0.05) is 37.0 Å². The first kappa shape index (κ1) is 27.7. The van der Waals surface area contributed by atoms with Gasteiger partial charge >= 0.3 is 0 Å². The van der Waals surface area contributed by atoms with E-state index in [0.717, 1.165) is 59.6 Å². The van der Waals surface area contributed by atoms with Gasteiger partial charge in [-0.2, -0.15) is 10.4 Å². The second-order valence-electron chi connectivity index (χ2n) is 10.6. The molecule has 2 N–H and O–H groups in total. The fourth-order valence-corrected chi connectivity index (χ4v) is 5.40. The maximum Gasteiger partial charge on any atom is 0.262 e. The summed E-state index contributed by atoms with van der Waals surface area (Å²) in [6, 6.07) is 11.4. The summed E-state index contributed by atoms with van der Waals surface area (Å²) >= 11 is 0. The normalized spacial score (nSPS) is 16.3. The van der Waals surface area contributed by atoms with Gasteiger partial charge < -0.3 is 5.32 Å². The summed E-state index contributed by atoms with van der Waals surface area (Å²) < 4.78 is 1.90. The van der Waals surface area contributed by atoms with Crippen LogP contribution in [-0.2, 0) is 16.1 Å². The highest BCUT2D eigenvalue weighted by Crippen LogP contribution is 2.29. The van der Waals surface area contributed by atoms with Crippen molar-refractivity contribution in [2.45, 2.75) is 51.1 Å². The van der Waals surface area contributed by atoms with Gasteiger partial charge in [-0.15, -0.1) is 0 Å². The molecule has 0 aliphatic carbocycles. The zero-order chi connectivity index (χ0) is 29.9. The standard InChI is InChI=1S/C31H28N8O4/c32-15-19-5-8-24-25(13-19)34-17-26(36-24)20-16-35-38(18-20)12-4-2-1-3-11-33-21-6-7-22-23(14-21)31(43)39(30(22)42)27-9-10-28(40)37-29(27)41/h5-8,13-14,16-18,27,33H,1-4,9-12H2,(H,37,40,41). The minimum absolute atomic E-state index is 0.0897. The van der Waals surface area contributed by atoms with Crippen molar-refractivity contribution in [2.75, 3.05) is 11.9 Å². The molecule has 2 aliphatic heterocycles. The number of nitrogens with one attached hydrogen (secondary N) is 2. The zero-order valence-corrected chi connectivity index (χ0v) is 23.2. The molecule has 12 heteroatoms. The predicted octanol–water partition coefficient (Wildman–Crippen LogP) is 3.44. The van der Waals surface area contributed by atoms with Crippen molar-refractivity contribution in [1.29, 1.82) is 5.26 Å². The lowest BCUT2D eigenvalue weighted by Crippen LogP contribution is -2.54. The summed E-state index contributed by atoms with van der Waals surface area (Å²) in [6.07, 6.45) is 9.58. The summed E-state index contributed by atoms with van der Waals surface area (Å²) in [5.74, 6) is -2.04. The monoisotopic (exact) mass is 576 g/mol. The molecule has 4 aromatic rings. The quantitative estimate of drug-likeness (QED) is 0.213. The second-order valence-corrected chi connectivity index (χ2v) is 10.6. The smallest absolute Gasteiger partial charge is 0.262 e. The third-order valence-electron chi connectivity index (χ3n) is 7.68. The molecule has 0 radical (unpaired) electrons. The van der Waals surface area contributed by atoms with Crippen molar-refractivity contribution in [3.8, 4) is 17.3 Å². The highest BCUT2D eigenvalue weighted by atomic mass is 16.2. The number of hydrogen-bond donors (Lipinski definition) is 2. The maximum atomic E-state index is 13.0. The second kappa shape index (κ2) is 11.8.